The third-order valence-corrected chi connectivity index (χ3v) is 7.24. The number of allylic oxidation sites excluding steroid dienone is 2. The summed E-state index contributed by atoms with van der Waals surface area (Å²) >= 11 is 0. The number of carbonyl (C=O) groups excluding carboxylic acids is 2. The van der Waals surface area contributed by atoms with Gasteiger partial charge in [0.05, 0.1) is 19.3 Å². The van der Waals surface area contributed by atoms with Gasteiger partial charge in [0.15, 0.2) is 5.79 Å². The van der Waals surface area contributed by atoms with Crippen LogP contribution in [0, 0.1) is 17.8 Å². The minimum Gasteiger partial charge on any atom is -0.463 e. The molecule has 1 heterocycles. The molecule has 0 unspecified atom stereocenters. The number of ketones is 1. The van der Waals surface area contributed by atoms with Crippen LogP contribution in [0.3, 0.4) is 0 Å². The Hall–Kier alpha value is -1.24. The van der Waals surface area contributed by atoms with E-state index in [1.165, 1.54) is 25.7 Å². The van der Waals surface area contributed by atoms with Crippen LogP contribution in [0.15, 0.2) is 12.2 Å². The molecule has 0 aromatic rings. The predicted molar refractivity (Wildman–Crippen MR) is 133 cm³/mol. The molecule has 0 aromatic heterocycles. The van der Waals surface area contributed by atoms with Gasteiger partial charge in [0, 0.05) is 38.2 Å². The molecule has 0 aromatic carbocycles. The number of esters is 1. The zero-order valence-electron chi connectivity index (χ0n) is 21.8. The molecule has 0 bridgehead atoms. The summed E-state index contributed by atoms with van der Waals surface area (Å²) in [6, 6.07) is 0. The first kappa shape index (κ1) is 29.0. The van der Waals surface area contributed by atoms with Gasteiger partial charge in [0.25, 0.3) is 0 Å². The molecule has 1 N–H and O–H groups in total. The van der Waals surface area contributed by atoms with Gasteiger partial charge in [-0.2, -0.15) is 0 Å². The minimum absolute atomic E-state index is 0.0275. The first-order chi connectivity index (χ1) is 16.4. The van der Waals surface area contributed by atoms with Gasteiger partial charge in [0.2, 0.25) is 0 Å². The fraction of sp³-hybridized carbons (Fsp3) is 0.857. The molecule has 1 aliphatic carbocycles. The molecule has 2 aliphatic rings. The van der Waals surface area contributed by atoms with E-state index < -0.39 is 5.79 Å². The maximum atomic E-state index is 12.7. The van der Waals surface area contributed by atoms with Crippen LogP contribution in [0.4, 0.5) is 0 Å². The third-order valence-electron chi connectivity index (χ3n) is 7.24. The molecule has 34 heavy (non-hydrogen) atoms. The molecule has 3 atom stereocenters. The summed E-state index contributed by atoms with van der Waals surface area (Å²) in [7, 11) is 0. The highest BCUT2D eigenvalue weighted by Gasteiger charge is 2.44. The molecule has 2 rings (SSSR count). The van der Waals surface area contributed by atoms with E-state index in [2.05, 4.69) is 19.1 Å². The van der Waals surface area contributed by atoms with E-state index in [1.54, 1.807) is 0 Å². The monoisotopic (exact) mass is 480 g/mol. The molecule has 1 aliphatic heterocycles. The van der Waals surface area contributed by atoms with Crippen molar-refractivity contribution in [1.82, 2.24) is 0 Å². The lowest BCUT2D eigenvalue weighted by atomic mass is 9.82. The number of hydrogen-bond acceptors (Lipinski definition) is 6. The fourth-order valence-electron chi connectivity index (χ4n) is 5.41. The van der Waals surface area contributed by atoms with Gasteiger partial charge < -0.3 is 19.3 Å². The van der Waals surface area contributed by atoms with Gasteiger partial charge in [-0.05, 0) is 57.8 Å². The Morgan fingerprint density at radius 1 is 1.12 bits per heavy atom. The Labute approximate surface area is 206 Å². The van der Waals surface area contributed by atoms with Crippen molar-refractivity contribution in [2.75, 3.05) is 19.8 Å². The number of carbonyl (C=O) groups is 2. The highest BCUT2D eigenvalue weighted by molar-refractivity contribution is 5.84. The van der Waals surface area contributed by atoms with Crippen LogP contribution in [-0.2, 0) is 23.8 Å². The second-order valence-electron chi connectivity index (χ2n) is 10.3. The van der Waals surface area contributed by atoms with Crippen molar-refractivity contribution in [3.05, 3.63) is 12.2 Å². The lowest BCUT2D eigenvalue weighted by molar-refractivity contribution is -0.171. The maximum absolute atomic E-state index is 12.7. The lowest BCUT2D eigenvalue weighted by Gasteiger charge is -2.31. The quantitative estimate of drug-likeness (QED) is 0.162. The first-order valence-corrected chi connectivity index (χ1v) is 13.7. The van der Waals surface area contributed by atoms with Gasteiger partial charge in [-0.25, -0.2) is 0 Å². The largest absolute Gasteiger partial charge is 0.463 e. The fourth-order valence-corrected chi connectivity index (χ4v) is 5.41. The third kappa shape index (κ3) is 9.79. The van der Waals surface area contributed by atoms with Crippen LogP contribution in [0.25, 0.3) is 0 Å². The summed E-state index contributed by atoms with van der Waals surface area (Å²) in [4.78, 5) is 24.4. The summed E-state index contributed by atoms with van der Waals surface area (Å²) in [6.07, 6.45) is 15.8. The van der Waals surface area contributed by atoms with Crippen LogP contribution >= 0.6 is 0 Å². The van der Waals surface area contributed by atoms with Gasteiger partial charge in [0.1, 0.15) is 5.78 Å². The molecule has 1 saturated heterocycles. The Kier molecular flexibility index (Phi) is 13.4. The van der Waals surface area contributed by atoms with Crippen molar-refractivity contribution in [3.8, 4) is 0 Å². The van der Waals surface area contributed by atoms with Crippen LogP contribution in [0.5, 0.6) is 0 Å². The number of Topliss-reactive ketones (excluding diaryl/α,β-unsaturated/α-hetero) is 1. The molecule has 6 heteroatoms. The van der Waals surface area contributed by atoms with Crippen molar-refractivity contribution < 1.29 is 28.9 Å². The highest BCUT2D eigenvalue weighted by Crippen LogP contribution is 2.42. The van der Waals surface area contributed by atoms with Crippen molar-refractivity contribution in [2.24, 2.45) is 17.8 Å². The second kappa shape index (κ2) is 15.7. The smallest absolute Gasteiger partial charge is 0.306 e. The molecule has 0 radical (unpaired) electrons. The van der Waals surface area contributed by atoms with Gasteiger partial charge in [-0.15, -0.1) is 0 Å². The molecule has 0 amide bonds. The second-order valence-corrected chi connectivity index (χ2v) is 10.3. The van der Waals surface area contributed by atoms with E-state index in [9.17, 15) is 14.7 Å². The summed E-state index contributed by atoms with van der Waals surface area (Å²) in [6.45, 7) is 7.26. The van der Waals surface area contributed by atoms with E-state index in [1.807, 2.05) is 13.8 Å². The van der Waals surface area contributed by atoms with E-state index in [4.69, 9.17) is 14.2 Å². The Balaban J connectivity index is 1.83. The van der Waals surface area contributed by atoms with Crippen molar-refractivity contribution in [2.45, 2.75) is 116 Å². The number of ether oxygens (including phenoxy) is 3. The van der Waals surface area contributed by atoms with E-state index >= 15 is 0 Å². The molecule has 1 saturated carbocycles. The number of unbranched alkanes of at least 4 members (excludes halogenated alkanes) is 5. The molecular formula is C28H48O6. The van der Waals surface area contributed by atoms with Crippen molar-refractivity contribution in [1.29, 1.82) is 0 Å². The average Bonchev–Trinajstić information content (AvgIpc) is 3.38. The number of aliphatic hydroxyl groups is 1. The van der Waals surface area contributed by atoms with E-state index in [0.29, 0.717) is 32.5 Å². The lowest BCUT2D eigenvalue weighted by Crippen LogP contribution is -2.32. The van der Waals surface area contributed by atoms with E-state index in [0.717, 1.165) is 38.5 Å². The number of rotatable bonds is 17. The first-order valence-electron chi connectivity index (χ1n) is 13.7. The zero-order valence-corrected chi connectivity index (χ0v) is 21.8. The topological polar surface area (TPSA) is 82.1 Å². The standard InChI is InChI=1S/C28H48O6/c1-4-5-6-9-12-16-28(32-18-19-33-28)17-15-24-23(21-29)20-26(30)25(24)13-10-7-8-11-14-27(31)34-22(2)3/h7,10,22-25,29H,4-6,8-9,11-21H2,1-3H3/t23-,24-,25+/m0/s1. The van der Waals surface area contributed by atoms with Crippen molar-refractivity contribution in [3.63, 3.8) is 0 Å². The van der Waals surface area contributed by atoms with Crippen LogP contribution < -0.4 is 0 Å². The Bertz CT molecular complexity index is 622. The molecule has 2 fully saturated rings. The summed E-state index contributed by atoms with van der Waals surface area (Å²) in [5, 5.41) is 9.93. The number of aliphatic hydroxyl groups excluding tert-OH is 1. The van der Waals surface area contributed by atoms with Crippen LogP contribution in [0.1, 0.15) is 104 Å². The summed E-state index contributed by atoms with van der Waals surface area (Å²) in [5.41, 5.74) is 0. The van der Waals surface area contributed by atoms with Gasteiger partial charge in [-0.1, -0.05) is 44.8 Å². The average molecular weight is 481 g/mol. The molecular weight excluding hydrogens is 432 g/mol. The van der Waals surface area contributed by atoms with E-state index in [-0.39, 0.29) is 42.2 Å². The van der Waals surface area contributed by atoms with Crippen LogP contribution in [0.2, 0.25) is 0 Å². The van der Waals surface area contributed by atoms with Crippen LogP contribution in [-0.4, -0.2) is 48.6 Å². The predicted octanol–water partition coefficient (Wildman–Crippen LogP) is 5.75. The zero-order chi connectivity index (χ0) is 24.8. The molecule has 6 nitrogen and oxygen atoms in total. The summed E-state index contributed by atoms with van der Waals surface area (Å²) < 4.78 is 17.3. The minimum atomic E-state index is -0.511. The Morgan fingerprint density at radius 2 is 1.85 bits per heavy atom. The summed E-state index contributed by atoms with van der Waals surface area (Å²) in [5.74, 6) is -0.273. The normalized spacial score (nSPS) is 24.5. The van der Waals surface area contributed by atoms with Gasteiger partial charge in [-0.3, -0.25) is 9.59 Å². The highest BCUT2D eigenvalue weighted by atomic mass is 16.7. The molecule has 196 valence electrons. The molecule has 0 spiro atoms. The van der Waals surface area contributed by atoms with Gasteiger partial charge >= 0.3 is 5.97 Å². The maximum Gasteiger partial charge on any atom is 0.306 e. The number of hydrogen-bond donors (Lipinski definition) is 1. The Morgan fingerprint density at radius 3 is 2.53 bits per heavy atom. The van der Waals surface area contributed by atoms with Crippen molar-refractivity contribution >= 4 is 11.8 Å². The SMILES string of the molecule is CCCCCCCC1(CC[C@H]2[C@H](CO)CC(=O)[C@@H]2CC=CCCCC(=O)OC(C)C)OCCO1.